The highest BCUT2D eigenvalue weighted by atomic mass is 19.1. The van der Waals surface area contributed by atoms with Crippen LogP contribution in [0.2, 0.25) is 0 Å². The smallest absolute Gasteiger partial charge is 0.177 e. The van der Waals surface area contributed by atoms with E-state index < -0.39 is 17.3 Å². The number of hydrogen-bond donors (Lipinski definition) is 1. The largest absolute Gasteiger partial charge is 0.316 e. The van der Waals surface area contributed by atoms with Gasteiger partial charge in [0.25, 0.3) is 0 Å². The highest BCUT2D eigenvalue weighted by molar-refractivity contribution is 5.46. The van der Waals surface area contributed by atoms with Crippen LogP contribution in [0.4, 0.5) is 8.78 Å². The molecular formula is C13H9F2N5. The molecule has 0 saturated heterocycles. The quantitative estimate of drug-likeness (QED) is 0.921. The third-order valence-corrected chi connectivity index (χ3v) is 2.68. The van der Waals surface area contributed by atoms with Crippen molar-refractivity contribution in [1.29, 1.82) is 10.5 Å². The predicted octanol–water partition coefficient (Wildman–Crippen LogP) is 1.61. The Balaban J connectivity index is 2.63. The van der Waals surface area contributed by atoms with Crippen LogP contribution in [0.25, 0.3) is 5.69 Å². The zero-order chi connectivity index (χ0) is 14.7. The van der Waals surface area contributed by atoms with Crippen molar-refractivity contribution < 1.29 is 8.78 Å². The van der Waals surface area contributed by atoms with E-state index in [4.69, 9.17) is 10.5 Å². The first-order valence-corrected chi connectivity index (χ1v) is 5.62. The highest BCUT2D eigenvalue weighted by Gasteiger charge is 2.19. The van der Waals surface area contributed by atoms with Gasteiger partial charge in [0.05, 0.1) is 0 Å². The third kappa shape index (κ3) is 2.22. The highest BCUT2D eigenvalue weighted by Crippen LogP contribution is 2.22. The third-order valence-electron chi connectivity index (χ3n) is 2.68. The summed E-state index contributed by atoms with van der Waals surface area (Å²) in [5.74, 6) is -1.65. The Bertz CT molecular complexity index is 713. The molecule has 0 aliphatic rings. The van der Waals surface area contributed by atoms with E-state index in [0.29, 0.717) is 12.1 Å². The zero-order valence-corrected chi connectivity index (χ0v) is 10.5. The van der Waals surface area contributed by atoms with Crippen LogP contribution in [0.1, 0.15) is 17.0 Å². The normalized spacial score (nSPS) is 10.1. The lowest BCUT2D eigenvalue weighted by atomic mass is 10.1. The van der Waals surface area contributed by atoms with Gasteiger partial charge in [0.15, 0.2) is 23.0 Å². The first-order valence-electron chi connectivity index (χ1n) is 5.62. The number of hydrogen-bond acceptors (Lipinski definition) is 4. The predicted molar refractivity (Wildman–Crippen MR) is 65.7 cm³/mol. The van der Waals surface area contributed by atoms with Gasteiger partial charge in [-0.25, -0.2) is 13.8 Å². The molecule has 2 rings (SSSR count). The molecule has 0 fully saturated rings. The molecule has 0 bridgehead atoms. The van der Waals surface area contributed by atoms with Crippen LogP contribution < -0.4 is 5.32 Å². The van der Waals surface area contributed by atoms with Crippen molar-refractivity contribution in [2.24, 2.45) is 0 Å². The molecule has 0 spiro atoms. The summed E-state index contributed by atoms with van der Waals surface area (Å²) >= 11 is 0. The van der Waals surface area contributed by atoms with E-state index in [9.17, 15) is 8.78 Å². The molecule has 0 amide bonds. The van der Waals surface area contributed by atoms with Gasteiger partial charge in [-0.2, -0.15) is 10.5 Å². The summed E-state index contributed by atoms with van der Waals surface area (Å²) in [4.78, 5) is 3.66. The Kier molecular flexibility index (Phi) is 3.74. The van der Waals surface area contributed by atoms with Crippen molar-refractivity contribution in [2.45, 2.75) is 6.54 Å². The van der Waals surface area contributed by atoms with E-state index in [0.717, 1.165) is 10.9 Å². The Morgan fingerprint density at radius 2 is 1.90 bits per heavy atom. The minimum absolute atomic E-state index is 0.175. The minimum Gasteiger partial charge on any atom is -0.316 e. The van der Waals surface area contributed by atoms with Gasteiger partial charge >= 0.3 is 0 Å². The summed E-state index contributed by atoms with van der Waals surface area (Å²) in [6.07, 6.45) is 1.05. The lowest BCUT2D eigenvalue weighted by molar-refractivity contribution is 0.563. The molecule has 2 aromatic rings. The van der Waals surface area contributed by atoms with Crippen molar-refractivity contribution in [3.63, 3.8) is 0 Å². The molecule has 1 heterocycles. The molecule has 0 unspecified atom stereocenters. The summed E-state index contributed by atoms with van der Waals surface area (Å²) < 4.78 is 29.0. The van der Waals surface area contributed by atoms with Crippen molar-refractivity contribution in [3.05, 3.63) is 47.0 Å². The van der Waals surface area contributed by atoms with Gasteiger partial charge < -0.3 is 5.32 Å². The van der Waals surface area contributed by atoms with E-state index in [1.54, 1.807) is 19.2 Å². The van der Waals surface area contributed by atoms with Crippen molar-refractivity contribution in [3.8, 4) is 17.8 Å². The van der Waals surface area contributed by atoms with Crippen molar-refractivity contribution in [1.82, 2.24) is 14.9 Å². The van der Waals surface area contributed by atoms with E-state index in [1.807, 2.05) is 0 Å². The molecule has 0 radical (unpaired) electrons. The standard InChI is InChI=1S/C13H9F2N5/c1-18-6-8-2-9(14)13(10(15)3-8)20-7-19-11(4-16)12(20)5-17/h2-3,7,18H,6H2,1H3. The lowest BCUT2D eigenvalue weighted by Gasteiger charge is -2.09. The molecule has 0 saturated carbocycles. The molecule has 7 heteroatoms. The van der Waals surface area contributed by atoms with Gasteiger partial charge in [0, 0.05) is 6.54 Å². The fourth-order valence-electron chi connectivity index (χ4n) is 1.86. The maximum absolute atomic E-state index is 14.0. The number of imidazole rings is 1. The van der Waals surface area contributed by atoms with Crippen molar-refractivity contribution >= 4 is 0 Å². The summed E-state index contributed by atoms with van der Waals surface area (Å²) in [7, 11) is 1.66. The number of benzene rings is 1. The second kappa shape index (κ2) is 5.47. The number of aromatic nitrogens is 2. The van der Waals surface area contributed by atoms with Crippen LogP contribution in [0, 0.1) is 34.3 Å². The Hall–Kier alpha value is -2.77. The van der Waals surface area contributed by atoms with Gasteiger partial charge in [-0.05, 0) is 24.7 Å². The number of halogens is 2. The van der Waals surface area contributed by atoms with Gasteiger partial charge in [0.1, 0.15) is 24.2 Å². The van der Waals surface area contributed by atoms with Crippen LogP contribution >= 0.6 is 0 Å². The topological polar surface area (TPSA) is 77.4 Å². The molecule has 100 valence electrons. The fraction of sp³-hybridized carbons (Fsp3) is 0.154. The molecule has 1 N–H and O–H groups in total. The molecule has 1 aromatic carbocycles. The number of nitrogens with one attached hydrogen (secondary N) is 1. The molecular weight excluding hydrogens is 264 g/mol. The summed E-state index contributed by atoms with van der Waals surface area (Å²) in [6.45, 7) is 0.312. The van der Waals surface area contributed by atoms with Crippen LogP contribution in [0.5, 0.6) is 0 Å². The monoisotopic (exact) mass is 273 g/mol. The Labute approximate surface area is 113 Å². The minimum atomic E-state index is -0.825. The number of rotatable bonds is 3. The van der Waals surface area contributed by atoms with Gasteiger partial charge in [-0.1, -0.05) is 0 Å². The average molecular weight is 273 g/mol. The van der Waals surface area contributed by atoms with Crippen LogP contribution in [-0.4, -0.2) is 16.6 Å². The Morgan fingerprint density at radius 1 is 1.25 bits per heavy atom. The van der Waals surface area contributed by atoms with Gasteiger partial charge in [-0.15, -0.1) is 0 Å². The second-order valence-electron chi connectivity index (χ2n) is 3.97. The first-order chi connectivity index (χ1) is 9.62. The molecule has 0 aliphatic heterocycles. The maximum atomic E-state index is 14.0. The van der Waals surface area contributed by atoms with Crippen LogP contribution in [0.15, 0.2) is 18.5 Å². The van der Waals surface area contributed by atoms with Crippen LogP contribution in [0.3, 0.4) is 0 Å². The van der Waals surface area contributed by atoms with E-state index in [1.165, 1.54) is 12.1 Å². The van der Waals surface area contributed by atoms with E-state index in [-0.39, 0.29) is 11.4 Å². The first kappa shape index (κ1) is 13.7. The van der Waals surface area contributed by atoms with Gasteiger partial charge in [-0.3, -0.25) is 4.57 Å². The number of nitriles is 2. The van der Waals surface area contributed by atoms with E-state index >= 15 is 0 Å². The van der Waals surface area contributed by atoms with Crippen molar-refractivity contribution in [2.75, 3.05) is 7.05 Å². The zero-order valence-electron chi connectivity index (χ0n) is 10.5. The number of nitrogens with zero attached hydrogens (tertiary/aromatic N) is 4. The SMILES string of the molecule is CNCc1cc(F)c(-n2cnc(C#N)c2C#N)c(F)c1. The fourth-order valence-corrected chi connectivity index (χ4v) is 1.86. The molecule has 5 nitrogen and oxygen atoms in total. The molecule has 0 aliphatic carbocycles. The summed E-state index contributed by atoms with van der Waals surface area (Å²) in [5.41, 5.74) is -0.363. The Morgan fingerprint density at radius 3 is 2.40 bits per heavy atom. The second-order valence-corrected chi connectivity index (χ2v) is 3.97. The molecule has 20 heavy (non-hydrogen) atoms. The summed E-state index contributed by atoms with van der Waals surface area (Å²) in [5, 5.41) is 20.6. The average Bonchev–Trinajstić information content (AvgIpc) is 2.81. The summed E-state index contributed by atoms with van der Waals surface area (Å²) in [6, 6.07) is 5.76. The van der Waals surface area contributed by atoms with E-state index in [2.05, 4.69) is 10.3 Å². The lowest BCUT2D eigenvalue weighted by Crippen LogP contribution is -2.09. The van der Waals surface area contributed by atoms with Crippen LogP contribution in [-0.2, 0) is 6.54 Å². The molecule has 0 atom stereocenters. The molecule has 1 aromatic heterocycles. The maximum Gasteiger partial charge on any atom is 0.177 e. The van der Waals surface area contributed by atoms with Gasteiger partial charge in [0.2, 0.25) is 0 Å².